The normalized spacial score (nSPS) is 10.5. The van der Waals surface area contributed by atoms with Gasteiger partial charge in [0.25, 0.3) is 5.56 Å². The lowest BCUT2D eigenvalue weighted by Crippen LogP contribution is -2.20. The number of hydrogen-bond acceptors (Lipinski definition) is 2. The van der Waals surface area contributed by atoms with Gasteiger partial charge in [0.1, 0.15) is 0 Å². The SMILES string of the molecule is N#Cc1ccccc1Cn1ccc2cc(Cl)ccc2c1=O. The average molecular weight is 295 g/mol. The molecule has 0 aliphatic carbocycles. The van der Waals surface area contributed by atoms with Crippen molar-refractivity contribution >= 4 is 22.4 Å². The fourth-order valence-electron chi connectivity index (χ4n) is 2.33. The summed E-state index contributed by atoms with van der Waals surface area (Å²) in [5.74, 6) is 0. The van der Waals surface area contributed by atoms with Crippen molar-refractivity contribution < 1.29 is 0 Å². The molecule has 0 radical (unpaired) electrons. The van der Waals surface area contributed by atoms with Crippen LogP contribution in [0, 0.1) is 11.3 Å². The van der Waals surface area contributed by atoms with Crippen LogP contribution in [0.3, 0.4) is 0 Å². The number of hydrogen-bond donors (Lipinski definition) is 0. The van der Waals surface area contributed by atoms with Crippen LogP contribution in [0.4, 0.5) is 0 Å². The summed E-state index contributed by atoms with van der Waals surface area (Å²) < 4.78 is 1.60. The molecule has 0 saturated carbocycles. The molecule has 0 N–H and O–H groups in total. The van der Waals surface area contributed by atoms with E-state index in [1.807, 2.05) is 24.3 Å². The molecule has 0 spiro atoms. The topological polar surface area (TPSA) is 45.8 Å². The first-order chi connectivity index (χ1) is 10.2. The van der Waals surface area contributed by atoms with Gasteiger partial charge >= 0.3 is 0 Å². The maximum atomic E-state index is 12.5. The van der Waals surface area contributed by atoms with Crippen molar-refractivity contribution in [3.05, 3.63) is 81.2 Å². The summed E-state index contributed by atoms with van der Waals surface area (Å²) in [5, 5.41) is 11.2. The van der Waals surface area contributed by atoms with E-state index in [-0.39, 0.29) is 5.56 Å². The van der Waals surface area contributed by atoms with Gasteiger partial charge in [-0.05, 0) is 41.3 Å². The Balaban J connectivity index is 2.10. The molecule has 0 aliphatic rings. The molecule has 0 saturated heterocycles. The number of nitrogens with zero attached hydrogens (tertiary/aromatic N) is 2. The van der Waals surface area contributed by atoms with Crippen LogP contribution < -0.4 is 5.56 Å². The van der Waals surface area contributed by atoms with Crippen molar-refractivity contribution in [1.29, 1.82) is 5.26 Å². The van der Waals surface area contributed by atoms with Crippen LogP contribution in [-0.2, 0) is 6.54 Å². The molecule has 0 unspecified atom stereocenters. The van der Waals surface area contributed by atoms with E-state index in [1.165, 1.54) is 0 Å². The first-order valence-corrected chi connectivity index (χ1v) is 6.83. The fourth-order valence-corrected chi connectivity index (χ4v) is 2.51. The highest BCUT2D eigenvalue weighted by Gasteiger charge is 2.06. The van der Waals surface area contributed by atoms with E-state index in [1.54, 1.807) is 35.0 Å². The highest BCUT2D eigenvalue weighted by atomic mass is 35.5. The zero-order valence-electron chi connectivity index (χ0n) is 11.1. The Hall–Kier alpha value is -2.57. The zero-order valence-corrected chi connectivity index (χ0v) is 11.8. The molecule has 3 rings (SSSR count). The van der Waals surface area contributed by atoms with Gasteiger partial charge in [-0.1, -0.05) is 29.8 Å². The summed E-state index contributed by atoms with van der Waals surface area (Å²) in [7, 11) is 0. The monoisotopic (exact) mass is 294 g/mol. The van der Waals surface area contributed by atoms with Gasteiger partial charge in [-0.2, -0.15) is 5.26 Å². The minimum Gasteiger partial charge on any atom is -0.311 e. The quantitative estimate of drug-likeness (QED) is 0.725. The molecule has 102 valence electrons. The molecule has 1 heterocycles. The molecule has 0 aliphatic heterocycles. The van der Waals surface area contributed by atoms with Gasteiger partial charge in [-0.15, -0.1) is 0 Å². The Labute approximate surface area is 126 Å². The molecule has 0 amide bonds. The number of pyridine rings is 1. The van der Waals surface area contributed by atoms with Gasteiger partial charge in [0.2, 0.25) is 0 Å². The third kappa shape index (κ3) is 2.54. The van der Waals surface area contributed by atoms with Gasteiger partial charge in [0.05, 0.1) is 18.2 Å². The molecule has 21 heavy (non-hydrogen) atoms. The van der Waals surface area contributed by atoms with E-state index in [0.717, 1.165) is 10.9 Å². The first-order valence-electron chi connectivity index (χ1n) is 6.46. The minimum atomic E-state index is -0.0862. The Morgan fingerprint density at radius 1 is 1.14 bits per heavy atom. The highest BCUT2D eigenvalue weighted by Crippen LogP contribution is 2.17. The zero-order chi connectivity index (χ0) is 14.8. The second kappa shape index (κ2) is 5.43. The van der Waals surface area contributed by atoms with Crippen molar-refractivity contribution in [2.45, 2.75) is 6.54 Å². The third-order valence-corrected chi connectivity index (χ3v) is 3.65. The minimum absolute atomic E-state index is 0.0862. The van der Waals surface area contributed by atoms with Crippen LogP contribution in [-0.4, -0.2) is 4.57 Å². The van der Waals surface area contributed by atoms with Crippen LogP contribution in [0.5, 0.6) is 0 Å². The summed E-state index contributed by atoms with van der Waals surface area (Å²) in [5.41, 5.74) is 1.33. The summed E-state index contributed by atoms with van der Waals surface area (Å²) in [6.07, 6.45) is 1.73. The Morgan fingerprint density at radius 2 is 1.95 bits per heavy atom. The Bertz CT molecular complexity index is 922. The molecular formula is C17H11ClN2O. The van der Waals surface area contributed by atoms with Crippen molar-refractivity contribution in [2.75, 3.05) is 0 Å². The lowest BCUT2D eigenvalue weighted by molar-refractivity contribution is 0.766. The van der Waals surface area contributed by atoms with Crippen molar-refractivity contribution in [3.8, 4) is 6.07 Å². The van der Waals surface area contributed by atoms with Gasteiger partial charge in [0.15, 0.2) is 0 Å². The predicted molar refractivity (Wildman–Crippen MR) is 83.5 cm³/mol. The molecule has 1 aromatic heterocycles. The molecule has 0 fully saturated rings. The summed E-state index contributed by atoms with van der Waals surface area (Å²) in [6.45, 7) is 0.376. The number of nitriles is 1. The van der Waals surface area contributed by atoms with Crippen molar-refractivity contribution in [2.24, 2.45) is 0 Å². The average Bonchev–Trinajstić information content (AvgIpc) is 2.50. The first kappa shape index (κ1) is 13.4. The van der Waals surface area contributed by atoms with Crippen LogP contribution in [0.2, 0.25) is 5.02 Å². The maximum Gasteiger partial charge on any atom is 0.258 e. The molecular weight excluding hydrogens is 284 g/mol. The fraction of sp³-hybridized carbons (Fsp3) is 0.0588. The van der Waals surface area contributed by atoms with E-state index in [4.69, 9.17) is 16.9 Å². The van der Waals surface area contributed by atoms with E-state index < -0.39 is 0 Å². The number of benzene rings is 2. The number of aromatic nitrogens is 1. The largest absolute Gasteiger partial charge is 0.311 e. The second-order valence-corrected chi connectivity index (χ2v) is 5.19. The van der Waals surface area contributed by atoms with E-state index in [9.17, 15) is 4.79 Å². The van der Waals surface area contributed by atoms with Gasteiger partial charge in [0, 0.05) is 16.6 Å². The summed E-state index contributed by atoms with van der Waals surface area (Å²) in [4.78, 5) is 12.5. The van der Waals surface area contributed by atoms with E-state index >= 15 is 0 Å². The molecule has 4 heteroatoms. The van der Waals surface area contributed by atoms with Crippen LogP contribution >= 0.6 is 11.6 Å². The Morgan fingerprint density at radius 3 is 2.76 bits per heavy atom. The van der Waals surface area contributed by atoms with Gasteiger partial charge < -0.3 is 4.57 Å². The maximum absolute atomic E-state index is 12.5. The van der Waals surface area contributed by atoms with Crippen molar-refractivity contribution in [1.82, 2.24) is 4.57 Å². The number of rotatable bonds is 2. The smallest absolute Gasteiger partial charge is 0.258 e. The summed E-state index contributed by atoms with van der Waals surface area (Å²) >= 11 is 5.94. The lowest BCUT2D eigenvalue weighted by Gasteiger charge is -2.09. The molecule has 0 atom stereocenters. The van der Waals surface area contributed by atoms with E-state index in [0.29, 0.717) is 22.5 Å². The molecule has 3 nitrogen and oxygen atoms in total. The Kier molecular flexibility index (Phi) is 3.47. The lowest BCUT2D eigenvalue weighted by atomic mass is 10.1. The highest BCUT2D eigenvalue weighted by molar-refractivity contribution is 6.31. The molecule has 2 aromatic carbocycles. The number of fused-ring (bicyclic) bond motifs is 1. The van der Waals surface area contributed by atoms with Crippen LogP contribution in [0.15, 0.2) is 59.5 Å². The van der Waals surface area contributed by atoms with Gasteiger partial charge in [-0.25, -0.2) is 0 Å². The van der Waals surface area contributed by atoms with Crippen LogP contribution in [0.25, 0.3) is 10.8 Å². The third-order valence-electron chi connectivity index (χ3n) is 3.42. The van der Waals surface area contributed by atoms with Crippen molar-refractivity contribution in [3.63, 3.8) is 0 Å². The summed E-state index contributed by atoms with van der Waals surface area (Å²) in [6, 6.07) is 16.5. The standard InChI is InChI=1S/C17H11ClN2O/c18-15-5-6-16-12(9-15)7-8-20(17(16)21)11-14-4-2-1-3-13(14)10-19/h1-9H,11H2. The molecule has 3 aromatic rings. The second-order valence-electron chi connectivity index (χ2n) is 4.75. The predicted octanol–water partition coefficient (Wildman–Crippen LogP) is 3.57. The van der Waals surface area contributed by atoms with Gasteiger partial charge in [-0.3, -0.25) is 4.79 Å². The van der Waals surface area contributed by atoms with E-state index in [2.05, 4.69) is 6.07 Å². The number of halogens is 1. The van der Waals surface area contributed by atoms with Crippen LogP contribution in [0.1, 0.15) is 11.1 Å². The molecule has 0 bridgehead atoms.